The largest absolute Gasteiger partial charge is 0.340 e. The zero-order chi connectivity index (χ0) is 15.1. The Kier molecular flexibility index (Phi) is 3.73. The van der Waals surface area contributed by atoms with Crippen LogP contribution in [0.5, 0.6) is 0 Å². The van der Waals surface area contributed by atoms with Gasteiger partial charge in [-0.2, -0.15) is 0 Å². The van der Waals surface area contributed by atoms with Crippen molar-refractivity contribution in [2.45, 2.75) is 38.8 Å². The van der Waals surface area contributed by atoms with E-state index in [9.17, 15) is 14.0 Å². The van der Waals surface area contributed by atoms with Gasteiger partial charge in [-0.15, -0.1) is 0 Å². The number of carbonyl (C=O) groups is 2. The van der Waals surface area contributed by atoms with Gasteiger partial charge in [-0.25, -0.2) is 4.39 Å². The number of piperazine rings is 1. The lowest BCUT2D eigenvalue weighted by Gasteiger charge is -2.42. The normalized spacial score (nSPS) is 21.9. The van der Waals surface area contributed by atoms with Gasteiger partial charge in [0.05, 0.1) is 5.02 Å². The number of rotatable bonds is 2. The third kappa shape index (κ3) is 2.38. The summed E-state index contributed by atoms with van der Waals surface area (Å²) in [7, 11) is 0. The molecule has 0 saturated carbocycles. The van der Waals surface area contributed by atoms with Crippen molar-refractivity contribution in [3.63, 3.8) is 0 Å². The highest BCUT2D eigenvalue weighted by Gasteiger charge is 2.45. The lowest BCUT2D eigenvalue weighted by atomic mass is 9.95. The van der Waals surface area contributed by atoms with Gasteiger partial charge in [-0.3, -0.25) is 14.5 Å². The molecule has 1 heterocycles. The Morgan fingerprint density at radius 3 is 2.60 bits per heavy atom. The van der Waals surface area contributed by atoms with E-state index in [2.05, 4.69) is 5.32 Å². The quantitative estimate of drug-likeness (QED) is 0.912. The summed E-state index contributed by atoms with van der Waals surface area (Å²) < 4.78 is 13.6. The Balaban J connectivity index is 2.51. The average Bonchev–Trinajstić information content (AvgIpc) is 2.36. The summed E-state index contributed by atoms with van der Waals surface area (Å²) in [6.07, 6.45) is 0.442. The van der Waals surface area contributed by atoms with E-state index < -0.39 is 17.4 Å². The highest BCUT2D eigenvalue weighted by molar-refractivity contribution is 6.30. The van der Waals surface area contributed by atoms with Crippen molar-refractivity contribution in [3.8, 4) is 0 Å². The summed E-state index contributed by atoms with van der Waals surface area (Å²) in [6.45, 7) is 5.05. The second kappa shape index (κ2) is 5.05. The van der Waals surface area contributed by atoms with Crippen LogP contribution in [0, 0.1) is 5.82 Å². The van der Waals surface area contributed by atoms with Crippen LogP contribution in [0.3, 0.4) is 0 Å². The predicted octanol–water partition coefficient (Wildman–Crippen LogP) is 2.50. The van der Waals surface area contributed by atoms with Gasteiger partial charge >= 0.3 is 0 Å². The van der Waals surface area contributed by atoms with E-state index in [0.717, 1.165) is 0 Å². The summed E-state index contributed by atoms with van der Waals surface area (Å²) in [5.41, 5.74) is -0.676. The molecule has 6 heteroatoms. The second-order valence-electron chi connectivity index (χ2n) is 5.31. The smallest absolute Gasteiger partial charge is 0.252 e. The molecule has 108 valence electrons. The molecule has 1 atom stereocenters. The summed E-state index contributed by atoms with van der Waals surface area (Å²) >= 11 is 5.65. The van der Waals surface area contributed by atoms with E-state index in [0.29, 0.717) is 12.1 Å². The fraction of sp³-hybridized carbons (Fsp3) is 0.429. The zero-order valence-corrected chi connectivity index (χ0v) is 12.3. The Bertz CT molecular complexity index is 574. The molecule has 0 radical (unpaired) electrons. The number of carbonyl (C=O) groups excluding carboxylic acids is 2. The molecule has 1 aliphatic heterocycles. The summed E-state index contributed by atoms with van der Waals surface area (Å²) in [5, 5.41) is 2.66. The van der Waals surface area contributed by atoms with E-state index in [4.69, 9.17) is 11.6 Å². The number of anilines is 1. The van der Waals surface area contributed by atoms with Crippen LogP contribution in [-0.4, -0.2) is 23.4 Å². The topological polar surface area (TPSA) is 49.4 Å². The van der Waals surface area contributed by atoms with Crippen LogP contribution in [-0.2, 0) is 9.59 Å². The Morgan fingerprint density at radius 1 is 1.40 bits per heavy atom. The lowest BCUT2D eigenvalue weighted by Crippen LogP contribution is -2.68. The van der Waals surface area contributed by atoms with Crippen molar-refractivity contribution < 1.29 is 14.0 Å². The summed E-state index contributed by atoms with van der Waals surface area (Å²) in [4.78, 5) is 26.0. The van der Waals surface area contributed by atoms with Crippen LogP contribution in [0.15, 0.2) is 18.2 Å². The van der Waals surface area contributed by atoms with Crippen molar-refractivity contribution in [1.82, 2.24) is 5.32 Å². The van der Waals surface area contributed by atoms with Crippen molar-refractivity contribution in [2.24, 2.45) is 0 Å². The minimum atomic E-state index is -1.02. The number of benzene rings is 1. The standard InChI is InChI=1S/C14H16ClFN2O2/c1-4-11-12(19)17-14(2,3)13(20)18(11)8-5-6-9(15)10(16)7-8/h5-7,11H,4H2,1-3H3,(H,17,19). The van der Waals surface area contributed by atoms with Crippen LogP contribution in [0.4, 0.5) is 10.1 Å². The molecule has 2 rings (SSSR count). The van der Waals surface area contributed by atoms with E-state index in [-0.39, 0.29) is 16.8 Å². The maximum Gasteiger partial charge on any atom is 0.252 e. The first-order valence-corrected chi connectivity index (χ1v) is 6.76. The van der Waals surface area contributed by atoms with Crippen LogP contribution < -0.4 is 10.2 Å². The SMILES string of the molecule is CCC1C(=O)NC(C)(C)C(=O)N1c1ccc(Cl)c(F)c1. The molecule has 1 unspecified atom stereocenters. The lowest BCUT2D eigenvalue weighted by molar-refractivity contribution is -0.137. The zero-order valence-electron chi connectivity index (χ0n) is 11.5. The Labute approximate surface area is 121 Å². The number of nitrogens with one attached hydrogen (secondary N) is 1. The molecule has 1 aromatic carbocycles. The molecule has 0 bridgehead atoms. The molecule has 1 aliphatic rings. The van der Waals surface area contributed by atoms with Crippen molar-refractivity contribution in [1.29, 1.82) is 0 Å². The highest BCUT2D eigenvalue weighted by atomic mass is 35.5. The van der Waals surface area contributed by atoms with Gasteiger partial charge in [-0.1, -0.05) is 18.5 Å². The highest BCUT2D eigenvalue weighted by Crippen LogP contribution is 2.29. The van der Waals surface area contributed by atoms with Gasteiger partial charge < -0.3 is 5.32 Å². The first kappa shape index (κ1) is 14.8. The number of halogens is 2. The number of nitrogens with zero attached hydrogens (tertiary/aromatic N) is 1. The second-order valence-corrected chi connectivity index (χ2v) is 5.72. The Morgan fingerprint density at radius 2 is 2.05 bits per heavy atom. The van der Waals surface area contributed by atoms with E-state index in [1.54, 1.807) is 26.8 Å². The molecule has 1 aromatic rings. The number of hydrogen-bond donors (Lipinski definition) is 1. The number of amides is 2. The molecule has 1 N–H and O–H groups in total. The third-order valence-corrected chi connectivity index (χ3v) is 3.68. The molecule has 1 saturated heterocycles. The van der Waals surface area contributed by atoms with Crippen LogP contribution in [0.25, 0.3) is 0 Å². The predicted molar refractivity (Wildman–Crippen MR) is 75.2 cm³/mol. The van der Waals surface area contributed by atoms with Gasteiger partial charge in [0.1, 0.15) is 17.4 Å². The van der Waals surface area contributed by atoms with Gasteiger partial charge in [0.25, 0.3) is 5.91 Å². The summed E-state index contributed by atoms with van der Waals surface area (Å²) in [6, 6.07) is 3.46. The van der Waals surface area contributed by atoms with Gasteiger partial charge in [-0.05, 0) is 38.5 Å². The molecule has 0 aliphatic carbocycles. The van der Waals surface area contributed by atoms with E-state index in [1.807, 2.05) is 0 Å². The van der Waals surface area contributed by atoms with E-state index >= 15 is 0 Å². The maximum absolute atomic E-state index is 13.6. The van der Waals surface area contributed by atoms with E-state index in [1.165, 1.54) is 17.0 Å². The molecule has 20 heavy (non-hydrogen) atoms. The minimum absolute atomic E-state index is 0.0185. The van der Waals surface area contributed by atoms with Crippen LogP contribution in [0.2, 0.25) is 5.02 Å². The van der Waals surface area contributed by atoms with Gasteiger partial charge in [0.15, 0.2) is 0 Å². The molecular weight excluding hydrogens is 283 g/mol. The van der Waals surface area contributed by atoms with Gasteiger partial charge in [0, 0.05) is 5.69 Å². The number of hydrogen-bond acceptors (Lipinski definition) is 2. The molecule has 4 nitrogen and oxygen atoms in total. The maximum atomic E-state index is 13.6. The molecular formula is C14H16ClFN2O2. The minimum Gasteiger partial charge on any atom is -0.340 e. The van der Waals surface area contributed by atoms with Crippen molar-refractivity contribution in [3.05, 3.63) is 29.0 Å². The fourth-order valence-electron chi connectivity index (χ4n) is 2.30. The molecule has 0 aromatic heterocycles. The average molecular weight is 299 g/mol. The van der Waals surface area contributed by atoms with Crippen molar-refractivity contribution >= 4 is 29.1 Å². The third-order valence-electron chi connectivity index (χ3n) is 3.37. The molecule has 0 spiro atoms. The first-order valence-electron chi connectivity index (χ1n) is 6.38. The van der Waals surface area contributed by atoms with Crippen molar-refractivity contribution in [2.75, 3.05) is 4.90 Å². The first-order chi connectivity index (χ1) is 9.27. The monoisotopic (exact) mass is 298 g/mol. The molecule has 2 amide bonds. The van der Waals surface area contributed by atoms with Crippen LogP contribution in [0.1, 0.15) is 27.2 Å². The van der Waals surface area contributed by atoms with Gasteiger partial charge in [0.2, 0.25) is 5.91 Å². The molecule has 1 fully saturated rings. The fourth-order valence-corrected chi connectivity index (χ4v) is 2.42. The Hall–Kier alpha value is -1.62. The van der Waals surface area contributed by atoms with Crippen LogP contribution >= 0.6 is 11.6 Å². The summed E-state index contributed by atoms with van der Waals surface area (Å²) in [5.74, 6) is -1.13.